The standard InChI is InChI=1S/C10H10O2/c1-2-8-7-11-9-5-3-4-6-10(9)12-8/h2-6,8H,1,7H2/t8-/m1/s1. The van der Waals surface area contributed by atoms with Crippen molar-refractivity contribution < 1.29 is 9.47 Å². The Hall–Kier alpha value is -1.44. The molecule has 1 aliphatic heterocycles. The van der Waals surface area contributed by atoms with Gasteiger partial charge in [-0.1, -0.05) is 18.7 Å². The molecule has 0 amide bonds. The molecule has 1 atom stereocenters. The fraction of sp³-hybridized carbons (Fsp3) is 0.200. The van der Waals surface area contributed by atoms with E-state index in [0.29, 0.717) is 6.61 Å². The zero-order valence-electron chi connectivity index (χ0n) is 6.69. The van der Waals surface area contributed by atoms with Gasteiger partial charge in [0.2, 0.25) is 0 Å². The van der Waals surface area contributed by atoms with Gasteiger partial charge in [-0.15, -0.1) is 0 Å². The fourth-order valence-electron chi connectivity index (χ4n) is 1.15. The van der Waals surface area contributed by atoms with Gasteiger partial charge in [-0.2, -0.15) is 0 Å². The summed E-state index contributed by atoms with van der Waals surface area (Å²) in [5.41, 5.74) is 0. The Bertz CT molecular complexity index is 294. The van der Waals surface area contributed by atoms with Crippen molar-refractivity contribution in [2.75, 3.05) is 6.61 Å². The lowest BCUT2D eigenvalue weighted by atomic mass is 10.2. The molecule has 1 aromatic carbocycles. The average molecular weight is 162 g/mol. The summed E-state index contributed by atoms with van der Waals surface area (Å²) >= 11 is 0. The second kappa shape index (κ2) is 2.89. The van der Waals surface area contributed by atoms with Crippen LogP contribution in [0, 0.1) is 0 Å². The monoisotopic (exact) mass is 162 g/mol. The largest absolute Gasteiger partial charge is 0.485 e. The lowest BCUT2D eigenvalue weighted by Gasteiger charge is -2.23. The van der Waals surface area contributed by atoms with E-state index in [0.717, 1.165) is 11.5 Å². The van der Waals surface area contributed by atoms with Crippen LogP contribution in [0.5, 0.6) is 11.5 Å². The van der Waals surface area contributed by atoms with Crippen molar-refractivity contribution in [3.05, 3.63) is 36.9 Å². The Labute approximate surface area is 71.4 Å². The molecular formula is C10H10O2. The third-order valence-electron chi connectivity index (χ3n) is 1.79. The molecule has 62 valence electrons. The number of benzene rings is 1. The molecular weight excluding hydrogens is 152 g/mol. The molecule has 2 heteroatoms. The van der Waals surface area contributed by atoms with Crippen LogP contribution < -0.4 is 9.47 Å². The van der Waals surface area contributed by atoms with Gasteiger partial charge in [-0.3, -0.25) is 0 Å². The predicted molar refractivity (Wildman–Crippen MR) is 46.6 cm³/mol. The Morgan fingerprint density at radius 1 is 1.33 bits per heavy atom. The summed E-state index contributed by atoms with van der Waals surface area (Å²) in [6, 6.07) is 7.64. The highest BCUT2D eigenvalue weighted by atomic mass is 16.6. The Morgan fingerprint density at radius 3 is 2.83 bits per heavy atom. The molecule has 0 radical (unpaired) electrons. The lowest BCUT2D eigenvalue weighted by Crippen LogP contribution is -2.26. The first-order valence-corrected chi connectivity index (χ1v) is 3.91. The highest BCUT2D eigenvalue weighted by molar-refractivity contribution is 5.40. The Kier molecular flexibility index (Phi) is 1.74. The molecule has 0 bridgehead atoms. The Balaban J connectivity index is 2.28. The summed E-state index contributed by atoms with van der Waals surface area (Å²) in [6.45, 7) is 4.21. The van der Waals surface area contributed by atoms with Crippen molar-refractivity contribution in [2.45, 2.75) is 6.10 Å². The normalized spacial score (nSPS) is 20.2. The number of hydrogen-bond acceptors (Lipinski definition) is 2. The quantitative estimate of drug-likeness (QED) is 0.588. The van der Waals surface area contributed by atoms with Gasteiger partial charge in [0, 0.05) is 0 Å². The smallest absolute Gasteiger partial charge is 0.162 e. The predicted octanol–water partition coefficient (Wildman–Crippen LogP) is 2.01. The minimum atomic E-state index is -0.0140. The van der Waals surface area contributed by atoms with Crippen LogP contribution in [0.15, 0.2) is 36.9 Å². The first-order valence-electron chi connectivity index (χ1n) is 3.91. The van der Waals surface area contributed by atoms with E-state index in [1.807, 2.05) is 24.3 Å². The van der Waals surface area contributed by atoms with Gasteiger partial charge in [-0.05, 0) is 18.2 Å². The topological polar surface area (TPSA) is 18.5 Å². The number of hydrogen-bond donors (Lipinski definition) is 0. The maximum atomic E-state index is 5.54. The van der Waals surface area contributed by atoms with E-state index in [1.54, 1.807) is 6.08 Å². The summed E-state index contributed by atoms with van der Waals surface area (Å²) in [6.07, 6.45) is 1.73. The summed E-state index contributed by atoms with van der Waals surface area (Å²) in [5.74, 6) is 1.62. The van der Waals surface area contributed by atoms with Crippen molar-refractivity contribution in [1.82, 2.24) is 0 Å². The highest BCUT2D eigenvalue weighted by Crippen LogP contribution is 2.30. The number of para-hydroxylation sites is 2. The average Bonchev–Trinajstić information content (AvgIpc) is 2.17. The molecule has 1 aromatic rings. The maximum absolute atomic E-state index is 5.54. The van der Waals surface area contributed by atoms with Gasteiger partial charge in [0.1, 0.15) is 6.61 Å². The molecule has 0 N–H and O–H groups in total. The third-order valence-corrected chi connectivity index (χ3v) is 1.79. The van der Waals surface area contributed by atoms with E-state index in [1.165, 1.54) is 0 Å². The maximum Gasteiger partial charge on any atom is 0.162 e. The molecule has 12 heavy (non-hydrogen) atoms. The van der Waals surface area contributed by atoms with Crippen LogP contribution in [0.2, 0.25) is 0 Å². The van der Waals surface area contributed by atoms with Gasteiger partial charge in [-0.25, -0.2) is 0 Å². The van der Waals surface area contributed by atoms with Crippen LogP contribution in [0.3, 0.4) is 0 Å². The molecule has 0 aromatic heterocycles. The summed E-state index contributed by atoms with van der Waals surface area (Å²) in [4.78, 5) is 0. The molecule has 0 aliphatic carbocycles. The molecule has 0 fully saturated rings. The van der Waals surface area contributed by atoms with Crippen LogP contribution in [0.1, 0.15) is 0 Å². The van der Waals surface area contributed by atoms with Gasteiger partial charge < -0.3 is 9.47 Å². The van der Waals surface area contributed by atoms with Crippen molar-refractivity contribution in [2.24, 2.45) is 0 Å². The number of fused-ring (bicyclic) bond motifs is 1. The van der Waals surface area contributed by atoms with Crippen LogP contribution in [0.4, 0.5) is 0 Å². The van der Waals surface area contributed by atoms with E-state index >= 15 is 0 Å². The van der Waals surface area contributed by atoms with Crippen LogP contribution >= 0.6 is 0 Å². The van der Waals surface area contributed by atoms with Crippen LogP contribution in [0.25, 0.3) is 0 Å². The fourth-order valence-corrected chi connectivity index (χ4v) is 1.15. The second-order valence-electron chi connectivity index (χ2n) is 2.65. The first kappa shape index (κ1) is 7.22. The first-order chi connectivity index (χ1) is 5.90. The van der Waals surface area contributed by atoms with Crippen LogP contribution in [-0.4, -0.2) is 12.7 Å². The van der Waals surface area contributed by atoms with Crippen molar-refractivity contribution in [3.8, 4) is 11.5 Å². The highest BCUT2D eigenvalue weighted by Gasteiger charge is 2.16. The van der Waals surface area contributed by atoms with E-state index < -0.39 is 0 Å². The van der Waals surface area contributed by atoms with Crippen molar-refractivity contribution in [3.63, 3.8) is 0 Å². The summed E-state index contributed by atoms with van der Waals surface area (Å²) < 4.78 is 11.0. The molecule has 2 rings (SSSR count). The van der Waals surface area contributed by atoms with Gasteiger partial charge in [0.05, 0.1) is 0 Å². The molecule has 0 unspecified atom stereocenters. The molecule has 1 heterocycles. The third kappa shape index (κ3) is 1.16. The zero-order valence-corrected chi connectivity index (χ0v) is 6.69. The lowest BCUT2D eigenvalue weighted by molar-refractivity contribution is 0.123. The number of ether oxygens (including phenoxy) is 2. The van der Waals surface area contributed by atoms with E-state index in [9.17, 15) is 0 Å². The van der Waals surface area contributed by atoms with E-state index in [-0.39, 0.29) is 6.10 Å². The molecule has 0 saturated heterocycles. The van der Waals surface area contributed by atoms with Crippen molar-refractivity contribution in [1.29, 1.82) is 0 Å². The van der Waals surface area contributed by atoms with Gasteiger partial charge >= 0.3 is 0 Å². The zero-order chi connectivity index (χ0) is 8.39. The minimum Gasteiger partial charge on any atom is -0.485 e. The SMILES string of the molecule is C=C[C@@H]1COc2ccccc2O1. The van der Waals surface area contributed by atoms with Gasteiger partial charge in [0.25, 0.3) is 0 Å². The summed E-state index contributed by atoms with van der Waals surface area (Å²) in [7, 11) is 0. The van der Waals surface area contributed by atoms with Gasteiger partial charge in [0.15, 0.2) is 17.6 Å². The Morgan fingerprint density at radius 2 is 2.08 bits per heavy atom. The molecule has 0 spiro atoms. The minimum absolute atomic E-state index is 0.0140. The van der Waals surface area contributed by atoms with E-state index in [2.05, 4.69) is 6.58 Å². The molecule has 2 nitrogen and oxygen atoms in total. The number of rotatable bonds is 1. The second-order valence-corrected chi connectivity index (χ2v) is 2.65. The van der Waals surface area contributed by atoms with Crippen LogP contribution in [-0.2, 0) is 0 Å². The van der Waals surface area contributed by atoms with E-state index in [4.69, 9.17) is 9.47 Å². The molecule has 1 aliphatic rings. The molecule has 0 saturated carbocycles. The van der Waals surface area contributed by atoms with Crippen molar-refractivity contribution >= 4 is 0 Å². The summed E-state index contributed by atoms with van der Waals surface area (Å²) in [5, 5.41) is 0.